The summed E-state index contributed by atoms with van der Waals surface area (Å²) in [4.78, 5) is 16.2. The first-order valence-electron chi connectivity index (χ1n) is 6.98. The fourth-order valence-electron chi connectivity index (χ4n) is 2.82. The molecule has 0 bridgehead atoms. The Kier molecular flexibility index (Phi) is 3.73. The topological polar surface area (TPSA) is 69.8 Å². The number of rotatable bonds is 4. The Hall–Kier alpha value is -2.89. The number of benzene rings is 2. The Morgan fingerprint density at radius 1 is 0.783 bits per heavy atom. The smallest absolute Gasteiger partial charge is 0.209 e. The molecule has 0 aliphatic rings. The van der Waals surface area contributed by atoms with Gasteiger partial charge in [-0.2, -0.15) is 0 Å². The average Bonchev–Trinajstić information content (AvgIpc) is 2.59. The molecule has 1 heterocycles. The summed E-state index contributed by atoms with van der Waals surface area (Å²) < 4.78 is 21.7. The van der Waals surface area contributed by atoms with Gasteiger partial charge in [0.1, 0.15) is 5.52 Å². The lowest BCUT2D eigenvalue weighted by molar-refractivity contribution is 0.309. The van der Waals surface area contributed by atoms with E-state index in [0.717, 1.165) is 0 Å². The van der Waals surface area contributed by atoms with Gasteiger partial charge in [0.05, 0.1) is 33.8 Å². The van der Waals surface area contributed by atoms with Crippen molar-refractivity contribution in [3.63, 3.8) is 0 Å². The fourth-order valence-corrected chi connectivity index (χ4v) is 2.82. The molecule has 0 saturated heterocycles. The monoisotopic (exact) mass is 315 g/mol. The highest BCUT2D eigenvalue weighted by Gasteiger charge is 2.25. The molecule has 0 aliphatic heterocycles. The standard InChI is InChI=1S/C17H17NO5/c1-20-14-11-12(15(21-2)17(23-4)16(14)22-3)18-10-8-6-5-7-9(10)13(11)19/h5-8H,1-4H3,(H,18,19). The lowest BCUT2D eigenvalue weighted by atomic mass is 10.1. The molecule has 0 aliphatic carbocycles. The van der Waals surface area contributed by atoms with Crippen molar-refractivity contribution in [3.8, 4) is 23.0 Å². The zero-order valence-electron chi connectivity index (χ0n) is 13.4. The van der Waals surface area contributed by atoms with E-state index in [1.807, 2.05) is 18.2 Å². The van der Waals surface area contributed by atoms with Gasteiger partial charge >= 0.3 is 0 Å². The van der Waals surface area contributed by atoms with Crippen molar-refractivity contribution in [2.75, 3.05) is 28.4 Å². The first-order valence-corrected chi connectivity index (χ1v) is 6.98. The normalized spacial score (nSPS) is 10.8. The minimum atomic E-state index is -0.162. The molecular formula is C17H17NO5. The van der Waals surface area contributed by atoms with E-state index in [1.165, 1.54) is 28.4 Å². The molecule has 6 heteroatoms. The van der Waals surface area contributed by atoms with E-state index in [-0.39, 0.29) is 5.43 Å². The van der Waals surface area contributed by atoms with Crippen LogP contribution in [0.3, 0.4) is 0 Å². The van der Waals surface area contributed by atoms with E-state index >= 15 is 0 Å². The Morgan fingerprint density at radius 3 is 1.96 bits per heavy atom. The van der Waals surface area contributed by atoms with Gasteiger partial charge in [0.15, 0.2) is 11.5 Å². The van der Waals surface area contributed by atoms with E-state index in [1.54, 1.807) is 6.07 Å². The van der Waals surface area contributed by atoms with E-state index < -0.39 is 0 Å². The van der Waals surface area contributed by atoms with Crippen molar-refractivity contribution in [2.24, 2.45) is 0 Å². The van der Waals surface area contributed by atoms with Crippen LogP contribution in [0.5, 0.6) is 23.0 Å². The summed E-state index contributed by atoms with van der Waals surface area (Å²) in [6, 6.07) is 7.26. The number of para-hydroxylation sites is 1. The van der Waals surface area contributed by atoms with Gasteiger partial charge in [0.2, 0.25) is 16.9 Å². The Labute approximate surface area is 132 Å². The molecule has 0 saturated carbocycles. The van der Waals surface area contributed by atoms with Gasteiger partial charge in [-0.25, -0.2) is 0 Å². The van der Waals surface area contributed by atoms with Crippen molar-refractivity contribution in [2.45, 2.75) is 0 Å². The highest BCUT2D eigenvalue weighted by molar-refractivity contribution is 6.02. The van der Waals surface area contributed by atoms with Gasteiger partial charge in [-0.3, -0.25) is 4.79 Å². The van der Waals surface area contributed by atoms with Crippen LogP contribution in [-0.4, -0.2) is 33.4 Å². The van der Waals surface area contributed by atoms with Crippen LogP contribution in [0.25, 0.3) is 21.8 Å². The number of H-pyrrole nitrogens is 1. The number of hydrogen-bond acceptors (Lipinski definition) is 5. The third kappa shape index (κ3) is 2.06. The van der Waals surface area contributed by atoms with Gasteiger partial charge in [-0.15, -0.1) is 0 Å². The molecule has 0 fully saturated rings. The Morgan fingerprint density at radius 2 is 1.35 bits per heavy atom. The highest BCUT2D eigenvalue weighted by atomic mass is 16.5. The van der Waals surface area contributed by atoms with Gasteiger partial charge in [0, 0.05) is 10.9 Å². The van der Waals surface area contributed by atoms with Crippen LogP contribution in [0.15, 0.2) is 29.1 Å². The minimum absolute atomic E-state index is 0.162. The van der Waals surface area contributed by atoms with E-state index in [0.29, 0.717) is 44.8 Å². The molecule has 2 aromatic carbocycles. The van der Waals surface area contributed by atoms with Crippen LogP contribution in [0.1, 0.15) is 0 Å². The van der Waals surface area contributed by atoms with Crippen LogP contribution >= 0.6 is 0 Å². The summed E-state index contributed by atoms with van der Waals surface area (Å²) in [6.07, 6.45) is 0. The first kappa shape index (κ1) is 15.0. The highest BCUT2D eigenvalue weighted by Crippen LogP contribution is 2.49. The number of pyridine rings is 1. The second-order valence-corrected chi connectivity index (χ2v) is 4.88. The van der Waals surface area contributed by atoms with Gasteiger partial charge in [0.25, 0.3) is 0 Å². The SMILES string of the molecule is COc1c(OC)c(OC)c2c(=O)c3ccccc3[nH]c2c1OC. The van der Waals surface area contributed by atoms with E-state index in [2.05, 4.69) is 4.98 Å². The van der Waals surface area contributed by atoms with E-state index in [4.69, 9.17) is 18.9 Å². The summed E-state index contributed by atoms with van der Waals surface area (Å²) in [5, 5.41) is 0.924. The lowest BCUT2D eigenvalue weighted by Gasteiger charge is -2.18. The molecule has 3 rings (SSSR count). The number of ether oxygens (including phenoxy) is 4. The molecule has 6 nitrogen and oxygen atoms in total. The maximum Gasteiger partial charge on any atom is 0.209 e. The van der Waals surface area contributed by atoms with Crippen LogP contribution in [-0.2, 0) is 0 Å². The third-order valence-corrected chi connectivity index (χ3v) is 3.80. The molecule has 1 N–H and O–H groups in total. The quantitative estimate of drug-likeness (QED) is 0.750. The molecule has 0 unspecified atom stereocenters. The molecule has 1 aromatic heterocycles. The lowest BCUT2D eigenvalue weighted by Crippen LogP contribution is -2.09. The predicted molar refractivity (Wildman–Crippen MR) is 88.3 cm³/mol. The first-order chi connectivity index (χ1) is 11.2. The maximum atomic E-state index is 13.0. The van der Waals surface area contributed by atoms with Crippen LogP contribution in [0.4, 0.5) is 0 Å². The number of fused-ring (bicyclic) bond motifs is 2. The van der Waals surface area contributed by atoms with Crippen molar-refractivity contribution in [3.05, 3.63) is 34.5 Å². The van der Waals surface area contributed by atoms with Gasteiger partial charge < -0.3 is 23.9 Å². The molecule has 3 aromatic rings. The van der Waals surface area contributed by atoms with Crippen molar-refractivity contribution >= 4 is 21.8 Å². The summed E-state index contributed by atoms with van der Waals surface area (Å²) >= 11 is 0. The van der Waals surface area contributed by atoms with Crippen LogP contribution in [0, 0.1) is 0 Å². The molecule has 23 heavy (non-hydrogen) atoms. The minimum Gasteiger partial charge on any atom is -0.492 e. The second-order valence-electron chi connectivity index (χ2n) is 4.88. The second kappa shape index (κ2) is 5.72. The maximum absolute atomic E-state index is 13.0. The summed E-state index contributed by atoms with van der Waals surface area (Å²) in [5.74, 6) is 1.39. The predicted octanol–water partition coefficient (Wildman–Crippen LogP) is 2.72. The third-order valence-electron chi connectivity index (χ3n) is 3.80. The molecular weight excluding hydrogens is 298 g/mol. The summed E-state index contributed by atoms with van der Waals surface area (Å²) in [5.41, 5.74) is 1.05. The van der Waals surface area contributed by atoms with E-state index in [9.17, 15) is 4.79 Å². The van der Waals surface area contributed by atoms with Crippen molar-refractivity contribution in [1.82, 2.24) is 4.98 Å². The largest absolute Gasteiger partial charge is 0.492 e. The summed E-state index contributed by atoms with van der Waals surface area (Å²) in [6.45, 7) is 0. The van der Waals surface area contributed by atoms with Gasteiger partial charge in [-0.05, 0) is 12.1 Å². The molecule has 0 spiro atoms. The average molecular weight is 315 g/mol. The number of aromatic amines is 1. The molecule has 0 radical (unpaired) electrons. The Balaban J connectivity index is 2.65. The van der Waals surface area contributed by atoms with Crippen LogP contribution < -0.4 is 24.4 Å². The molecule has 0 amide bonds. The molecule has 0 atom stereocenters. The fraction of sp³-hybridized carbons (Fsp3) is 0.235. The number of nitrogens with one attached hydrogen (secondary N) is 1. The summed E-state index contributed by atoms with van der Waals surface area (Å²) in [7, 11) is 5.99. The number of hydrogen-bond donors (Lipinski definition) is 1. The van der Waals surface area contributed by atoms with Gasteiger partial charge in [-0.1, -0.05) is 12.1 Å². The van der Waals surface area contributed by atoms with Crippen molar-refractivity contribution in [1.29, 1.82) is 0 Å². The molecule has 120 valence electrons. The zero-order valence-corrected chi connectivity index (χ0v) is 13.4. The van der Waals surface area contributed by atoms with Crippen molar-refractivity contribution < 1.29 is 18.9 Å². The number of methoxy groups -OCH3 is 4. The Bertz CT molecular complexity index is 945. The zero-order chi connectivity index (χ0) is 16.6. The number of aromatic nitrogens is 1. The van der Waals surface area contributed by atoms with Crippen LogP contribution in [0.2, 0.25) is 0 Å².